The van der Waals surface area contributed by atoms with Gasteiger partial charge in [0.25, 0.3) is 0 Å². The minimum atomic E-state index is -0.268. The normalized spacial score (nSPS) is 10.9. The van der Waals surface area contributed by atoms with Crippen molar-refractivity contribution in [2.75, 3.05) is 11.9 Å². The van der Waals surface area contributed by atoms with Crippen molar-refractivity contribution in [1.29, 1.82) is 0 Å². The molecule has 0 unspecified atom stereocenters. The van der Waals surface area contributed by atoms with Gasteiger partial charge in [0.1, 0.15) is 5.82 Å². The Kier molecular flexibility index (Phi) is 4.75. The summed E-state index contributed by atoms with van der Waals surface area (Å²) < 4.78 is 14.1. The third-order valence-electron chi connectivity index (χ3n) is 2.98. The van der Waals surface area contributed by atoms with Gasteiger partial charge in [0.15, 0.2) is 0 Å². The van der Waals surface area contributed by atoms with Gasteiger partial charge in [-0.25, -0.2) is 4.39 Å². The highest BCUT2D eigenvalue weighted by atomic mass is 79.9. The summed E-state index contributed by atoms with van der Waals surface area (Å²) in [5.74, 6) is -0.268. The molecule has 0 atom stereocenters. The zero-order valence-electron chi connectivity index (χ0n) is 11.3. The van der Waals surface area contributed by atoms with E-state index in [2.05, 4.69) is 46.1 Å². The molecule has 1 heterocycles. The molecule has 2 rings (SSSR count). The largest absolute Gasteiger partial charge is 0.384 e. The Labute approximate surface area is 121 Å². The predicted octanol–water partition coefficient (Wildman–Crippen LogP) is 4.91. The maximum absolute atomic E-state index is 13.6. The lowest BCUT2D eigenvalue weighted by molar-refractivity contribution is 0.622. The number of fused-ring (bicyclic) bond motifs is 1. The van der Waals surface area contributed by atoms with Gasteiger partial charge in [-0.2, -0.15) is 0 Å². The van der Waals surface area contributed by atoms with E-state index in [-0.39, 0.29) is 5.82 Å². The van der Waals surface area contributed by atoms with Crippen LogP contribution in [0.4, 0.5) is 10.1 Å². The fraction of sp³-hybridized carbons (Fsp3) is 0.400. The van der Waals surface area contributed by atoms with Gasteiger partial charge in [-0.05, 0) is 40.9 Å². The van der Waals surface area contributed by atoms with Crippen LogP contribution in [0.3, 0.4) is 0 Å². The lowest BCUT2D eigenvalue weighted by Gasteiger charge is -2.12. The summed E-state index contributed by atoms with van der Waals surface area (Å²) in [5, 5.41) is 4.36. The Morgan fingerprint density at radius 2 is 2.00 bits per heavy atom. The summed E-state index contributed by atoms with van der Waals surface area (Å²) >= 11 is 3.24. The van der Waals surface area contributed by atoms with E-state index in [9.17, 15) is 4.39 Å². The lowest BCUT2D eigenvalue weighted by Crippen LogP contribution is -2.03. The number of halogens is 2. The standard InChI is InChI=1S/C15H18BrFN2/c1-3-5-10-7-14(18-6-4-2)11-8-12(16)13(17)9-15(11)19-10/h7-9H,3-6H2,1-2H3,(H,18,19). The Bertz CT molecular complexity index is 584. The highest BCUT2D eigenvalue weighted by Crippen LogP contribution is 2.29. The first-order valence-electron chi connectivity index (χ1n) is 6.68. The lowest BCUT2D eigenvalue weighted by atomic mass is 10.1. The van der Waals surface area contributed by atoms with Crippen molar-refractivity contribution in [3.8, 4) is 0 Å². The summed E-state index contributed by atoms with van der Waals surface area (Å²) in [4.78, 5) is 4.53. The molecule has 102 valence electrons. The van der Waals surface area contributed by atoms with E-state index in [1.807, 2.05) is 0 Å². The summed E-state index contributed by atoms with van der Waals surface area (Å²) in [6.45, 7) is 5.14. The van der Waals surface area contributed by atoms with E-state index in [0.29, 0.717) is 9.99 Å². The second-order valence-corrected chi connectivity index (χ2v) is 5.48. The van der Waals surface area contributed by atoms with Crippen LogP contribution >= 0.6 is 15.9 Å². The second-order valence-electron chi connectivity index (χ2n) is 4.62. The van der Waals surface area contributed by atoms with E-state index < -0.39 is 0 Å². The topological polar surface area (TPSA) is 24.9 Å². The maximum Gasteiger partial charge on any atom is 0.139 e. The fourth-order valence-corrected chi connectivity index (χ4v) is 2.41. The molecular formula is C15H18BrFN2. The Hall–Kier alpha value is -1.16. The quantitative estimate of drug-likeness (QED) is 0.845. The molecule has 0 saturated carbocycles. The van der Waals surface area contributed by atoms with Gasteiger partial charge in [-0.1, -0.05) is 20.3 Å². The molecule has 0 spiro atoms. The molecule has 2 aromatic rings. The van der Waals surface area contributed by atoms with Crippen LogP contribution in [0.1, 0.15) is 32.4 Å². The van der Waals surface area contributed by atoms with Crippen LogP contribution in [-0.2, 0) is 6.42 Å². The third kappa shape index (κ3) is 3.24. The molecule has 1 N–H and O–H groups in total. The number of nitrogens with one attached hydrogen (secondary N) is 1. The van der Waals surface area contributed by atoms with Gasteiger partial charge in [-0.15, -0.1) is 0 Å². The summed E-state index contributed by atoms with van der Waals surface area (Å²) in [6, 6.07) is 5.37. The molecule has 0 bridgehead atoms. The van der Waals surface area contributed by atoms with E-state index in [1.54, 1.807) is 6.07 Å². The number of aromatic nitrogens is 1. The average Bonchev–Trinajstić information content (AvgIpc) is 2.38. The highest BCUT2D eigenvalue weighted by molar-refractivity contribution is 9.10. The number of hydrogen-bond donors (Lipinski definition) is 1. The van der Waals surface area contributed by atoms with Crippen LogP contribution in [0.25, 0.3) is 10.9 Å². The molecular weight excluding hydrogens is 307 g/mol. The van der Waals surface area contributed by atoms with Crippen molar-refractivity contribution in [2.24, 2.45) is 0 Å². The molecule has 4 heteroatoms. The molecule has 2 nitrogen and oxygen atoms in total. The Morgan fingerprint density at radius 1 is 1.21 bits per heavy atom. The monoisotopic (exact) mass is 324 g/mol. The third-order valence-corrected chi connectivity index (χ3v) is 3.58. The van der Waals surface area contributed by atoms with Crippen LogP contribution in [0, 0.1) is 5.82 Å². The average molecular weight is 325 g/mol. The fourth-order valence-electron chi connectivity index (χ4n) is 2.07. The molecule has 1 aromatic carbocycles. The van der Waals surface area contributed by atoms with E-state index in [4.69, 9.17) is 0 Å². The first-order valence-corrected chi connectivity index (χ1v) is 7.47. The number of nitrogens with zero attached hydrogens (tertiary/aromatic N) is 1. The van der Waals surface area contributed by atoms with Crippen molar-refractivity contribution in [2.45, 2.75) is 33.1 Å². The molecule has 0 fully saturated rings. The minimum Gasteiger partial charge on any atom is -0.384 e. The maximum atomic E-state index is 13.6. The van der Waals surface area contributed by atoms with Crippen LogP contribution in [0.15, 0.2) is 22.7 Å². The van der Waals surface area contributed by atoms with Gasteiger partial charge in [0.05, 0.1) is 9.99 Å². The summed E-state index contributed by atoms with van der Waals surface area (Å²) in [7, 11) is 0. The van der Waals surface area contributed by atoms with Crippen molar-refractivity contribution in [3.05, 3.63) is 34.2 Å². The molecule has 0 radical (unpaired) electrons. The molecule has 0 aliphatic carbocycles. The molecule has 0 aliphatic rings. The zero-order chi connectivity index (χ0) is 13.8. The SMILES string of the molecule is CCCNc1cc(CCC)nc2cc(F)c(Br)cc12. The smallest absolute Gasteiger partial charge is 0.139 e. The number of rotatable bonds is 5. The highest BCUT2D eigenvalue weighted by Gasteiger charge is 2.09. The minimum absolute atomic E-state index is 0.268. The Morgan fingerprint density at radius 3 is 2.68 bits per heavy atom. The van der Waals surface area contributed by atoms with E-state index in [0.717, 1.165) is 42.6 Å². The van der Waals surface area contributed by atoms with Crippen molar-refractivity contribution in [3.63, 3.8) is 0 Å². The van der Waals surface area contributed by atoms with Gasteiger partial charge >= 0.3 is 0 Å². The van der Waals surface area contributed by atoms with Crippen molar-refractivity contribution < 1.29 is 4.39 Å². The Balaban J connectivity index is 2.56. The number of pyridine rings is 1. The number of anilines is 1. The number of hydrogen-bond acceptors (Lipinski definition) is 2. The molecule has 0 aliphatic heterocycles. The van der Waals surface area contributed by atoms with Crippen LogP contribution < -0.4 is 5.32 Å². The van der Waals surface area contributed by atoms with Gasteiger partial charge < -0.3 is 5.32 Å². The first kappa shape index (κ1) is 14.3. The van der Waals surface area contributed by atoms with Gasteiger partial charge in [0, 0.05) is 29.4 Å². The van der Waals surface area contributed by atoms with Crippen molar-refractivity contribution >= 4 is 32.5 Å². The van der Waals surface area contributed by atoms with Crippen LogP contribution in [-0.4, -0.2) is 11.5 Å². The van der Waals surface area contributed by atoms with E-state index >= 15 is 0 Å². The number of benzene rings is 1. The molecule has 19 heavy (non-hydrogen) atoms. The van der Waals surface area contributed by atoms with Crippen LogP contribution in [0.5, 0.6) is 0 Å². The van der Waals surface area contributed by atoms with Crippen molar-refractivity contribution in [1.82, 2.24) is 4.98 Å². The van der Waals surface area contributed by atoms with Gasteiger partial charge in [0.2, 0.25) is 0 Å². The first-order chi connectivity index (χ1) is 9.15. The zero-order valence-corrected chi connectivity index (χ0v) is 12.8. The van der Waals surface area contributed by atoms with E-state index in [1.165, 1.54) is 6.07 Å². The van der Waals surface area contributed by atoms with Crippen LogP contribution in [0.2, 0.25) is 0 Å². The number of aryl methyl sites for hydroxylation is 1. The molecule has 0 amide bonds. The van der Waals surface area contributed by atoms with Gasteiger partial charge in [-0.3, -0.25) is 4.98 Å². The molecule has 1 aromatic heterocycles. The predicted molar refractivity (Wildman–Crippen MR) is 82.2 cm³/mol. The summed E-state index contributed by atoms with van der Waals surface area (Å²) in [6.07, 6.45) is 2.99. The second kappa shape index (κ2) is 6.33. The summed E-state index contributed by atoms with van der Waals surface area (Å²) in [5.41, 5.74) is 2.76. The molecule has 0 saturated heterocycles.